The number of hydrogen-bond donors (Lipinski definition) is 0. The Labute approximate surface area is 160 Å². The van der Waals surface area contributed by atoms with Crippen LogP contribution in [0, 0.1) is 22.7 Å². The van der Waals surface area contributed by atoms with Gasteiger partial charge in [-0.25, -0.2) is 0 Å². The first-order valence-electron chi connectivity index (χ1n) is 9.34. The van der Waals surface area contributed by atoms with Crippen molar-refractivity contribution in [2.45, 2.75) is 56.7 Å². The number of fused-ring (bicyclic) bond motifs is 2. The van der Waals surface area contributed by atoms with Crippen LogP contribution in [-0.2, 0) is 20.4 Å². The average Bonchev–Trinajstić information content (AvgIpc) is 3.17. The second-order valence-corrected chi connectivity index (χ2v) is 8.60. The first-order chi connectivity index (χ1) is 13.1. The van der Waals surface area contributed by atoms with E-state index in [1.165, 1.54) is 11.0 Å². The van der Waals surface area contributed by atoms with E-state index in [0.717, 1.165) is 25.0 Å². The van der Waals surface area contributed by atoms with E-state index < -0.39 is 40.1 Å². The summed E-state index contributed by atoms with van der Waals surface area (Å²) in [6.07, 6.45) is -3.10. The third-order valence-corrected chi connectivity index (χ3v) is 7.46. The zero-order valence-corrected chi connectivity index (χ0v) is 15.5. The van der Waals surface area contributed by atoms with Crippen molar-refractivity contribution in [2.24, 2.45) is 11.3 Å². The van der Waals surface area contributed by atoms with E-state index in [4.69, 9.17) is 14.7 Å². The Hall–Kier alpha value is -2.11. The Kier molecular flexibility index (Phi) is 3.26. The smallest absolute Gasteiger partial charge is 0.367 e. The van der Waals surface area contributed by atoms with E-state index in [1.54, 1.807) is 6.07 Å². The lowest BCUT2D eigenvalue weighted by atomic mass is 9.57. The van der Waals surface area contributed by atoms with Crippen LogP contribution in [0.4, 0.5) is 18.9 Å². The fourth-order valence-electron chi connectivity index (χ4n) is 5.99. The number of carbonyl (C=O) groups excluding carboxylic acids is 1. The third kappa shape index (κ3) is 1.87. The fraction of sp³-hybridized carbons (Fsp3) is 0.600. The summed E-state index contributed by atoms with van der Waals surface area (Å²) in [6, 6.07) is 4.97. The zero-order valence-electron chi connectivity index (χ0n) is 15.5. The Morgan fingerprint density at radius 2 is 2.00 bits per heavy atom. The summed E-state index contributed by atoms with van der Waals surface area (Å²) in [5, 5.41) is 9.04. The van der Waals surface area contributed by atoms with E-state index in [-0.39, 0.29) is 17.5 Å². The molecule has 5 nitrogen and oxygen atoms in total. The number of benzene rings is 1. The van der Waals surface area contributed by atoms with Gasteiger partial charge in [-0.15, -0.1) is 0 Å². The molecule has 1 amide bonds. The van der Waals surface area contributed by atoms with Crippen LogP contribution in [0.15, 0.2) is 18.2 Å². The summed E-state index contributed by atoms with van der Waals surface area (Å²) in [5.41, 5.74) is -3.38. The van der Waals surface area contributed by atoms with Crippen molar-refractivity contribution in [2.75, 3.05) is 11.5 Å². The van der Waals surface area contributed by atoms with Gasteiger partial charge in [-0.1, -0.05) is 0 Å². The Balaban J connectivity index is 1.66. The monoisotopic (exact) mass is 392 g/mol. The van der Waals surface area contributed by atoms with Gasteiger partial charge in [0.15, 0.2) is 0 Å². The number of alkyl halides is 3. The van der Waals surface area contributed by atoms with Crippen molar-refractivity contribution in [3.8, 4) is 6.07 Å². The summed E-state index contributed by atoms with van der Waals surface area (Å²) < 4.78 is 52.7. The van der Waals surface area contributed by atoms with Gasteiger partial charge >= 0.3 is 6.18 Å². The number of nitrogens with zero attached hydrogens (tertiary/aromatic N) is 2. The van der Waals surface area contributed by atoms with E-state index in [2.05, 4.69) is 0 Å². The van der Waals surface area contributed by atoms with Crippen molar-refractivity contribution in [1.29, 1.82) is 5.26 Å². The maximum Gasteiger partial charge on any atom is 0.417 e. The topological polar surface area (TPSA) is 62.6 Å². The van der Waals surface area contributed by atoms with E-state index >= 15 is 0 Å². The molecule has 4 unspecified atom stereocenters. The largest absolute Gasteiger partial charge is 0.417 e. The quantitative estimate of drug-likeness (QED) is 0.733. The number of rotatable bonds is 1. The maximum atomic E-state index is 13.6. The molecule has 28 heavy (non-hydrogen) atoms. The fourth-order valence-corrected chi connectivity index (χ4v) is 5.99. The summed E-state index contributed by atoms with van der Waals surface area (Å²) in [5.74, 6) is -0.503. The number of amides is 1. The molecule has 8 heteroatoms. The van der Waals surface area contributed by atoms with Crippen LogP contribution in [0.25, 0.3) is 0 Å². The molecule has 0 N–H and O–H groups in total. The minimum absolute atomic E-state index is 0.108. The second-order valence-electron chi connectivity index (χ2n) is 8.60. The highest BCUT2D eigenvalue weighted by Gasteiger charge is 2.81. The lowest BCUT2D eigenvalue weighted by Crippen LogP contribution is -2.53. The normalized spacial score (nSPS) is 41.3. The highest BCUT2D eigenvalue weighted by Crippen LogP contribution is 2.71. The Morgan fingerprint density at radius 3 is 2.68 bits per heavy atom. The third-order valence-electron chi connectivity index (χ3n) is 7.46. The zero-order chi connectivity index (χ0) is 20.1. The SMILES string of the molecule is CC12CCC3(CCOC4C3[C@@]1(C)C(=O)N4c1ccc(C#N)c(C(F)(F)F)c1)O2. The molecule has 4 heterocycles. The van der Waals surface area contributed by atoms with Gasteiger partial charge in [-0.05, 0) is 44.9 Å². The van der Waals surface area contributed by atoms with Crippen molar-refractivity contribution in [3.63, 3.8) is 0 Å². The number of carbonyl (C=O) groups is 1. The van der Waals surface area contributed by atoms with Crippen LogP contribution in [0.1, 0.15) is 44.2 Å². The molecule has 1 aromatic rings. The summed E-state index contributed by atoms with van der Waals surface area (Å²) >= 11 is 0. The van der Waals surface area contributed by atoms with Crippen LogP contribution in [0.5, 0.6) is 0 Å². The minimum atomic E-state index is -4.69. The van der Waals surface area contributed by atoms with Crippen LogP contribution in [-0.4, -0.2) is 29.9 Å². The van der Waals surface area contributed by atoms with Gasteiger partial charge in [0.05, 0.1) is 46.3 Å². The van der Waals surface area contributed by atoms with E-state index in [1.807, 2.05) is 13.8 Å². The van der Waals surface area contributed by atoms with Crippen molar-refractivity contribution in [1.82, 2.24) is 0 Å². The van der Waals surface area contributed by atoms with Crippen molar-refractivity contribution < 1.29 is 27.4 Å². The molecule has 4 saturated heterocycles. The molecule has 1 spiro atoms. The van der Waals surface area contributed by atoms with Crippen LogP contribution >= 0.6 is 0 Å². The maximum absolute atomic E-state index is 13.6. The van der Waals surface area contributed by atoms with Crippen LogP contribution < -0.4 is 4.90 Å². The van der Waals surface area contributed by atoms with E-state index in [0.29, 0.717) is 13.0 Å². The number of anilines is 1. The van der Waals surface area contributed by atoms with Gasteiger partial charge in [0, 0.05) is 12.1 Å². The number of ether oxygens (including phenoxy) is 2. The van der Waals surface area contributed by atoms with Gasteiger partial charge in [-0.2, -0.15) is 18.4 Å². The lowest BCUT2D eigenvalue weighted by molar-refractivity contribution is -0.142. The average molecular weight is 392 g/mol. The van der Waals surface area contributed by atoms with Gasteiger partial charge in [-0.3, -0.25) is 9.69 Å². The molecular weight excluding hydrogens is 373 g/mol. The summed E-state index contributed by atoms with van der Waals surface area (Å²) in [7, 11) is 0. The molecule has 4 aliphatic heterocycles. The number of halogens is 3. The first-order valence-corrected chi connectivity index (χ1v) is 9.34. The molecule has 4 aliphatic rings. The lowest BCUT2D eigenvalue weighted by Gasteiger charge is -2.43. The Bertz CT molecular complexity index is 938. The van der Waals surface area contributed by atoms with Gasteiger partial charge < -0.3 is 9.47 Å². The van der Waals surface area contributed by atoms with Gasteiger partial charge in [0.25, 0.3) is 0 Å². The molecule has 2 bridgehead atoms. The standard InChI is InChI=1S/C20H19F3N2O3/c1-17-5-6-19(28-17)7-8-27-15-14(19)18(17,2)16(26)25(15)12-4-3-11(10-24)13(9-12)20(21,22)23/h3-4,9,14-15H,5-8H2,1-2H3/t14?,15?,17?,18-,19?/m0/s1. The molecule has 148 valence electrons. The molecule has 0 radical (unpaired) electrons. The van der Waals surface area contributed by atoms with Crippen molar-refractivity contribution in [3.05, 3.63) is 29.3 Å². The molecule has 0 aromatic heterocycles. The van der Waals surface area contributed by atoms with Crippen molar-refractivity contribution >= 4 is 11.6 Å². The number of hydrogen-bond acceptors (Lipinski definition) is 4. The molecular formula is C20H19F3N2O3. The highest BCUT2D eigenvalue weighted by molar-refractivity contribution is 6.02. The van der Waals surface area contributed by atoms with Gasteiger partial charge in [0.1, 0.15) is 6.23 Å². The molecule has 4 fully saturated rings. The molecule has 0 saturated carbocycles. The predicted octanol–water partition coefficient (Wildman–Crippen LogP) is 3.61. The molecule has 0 aliphatic carbocycles. The summed E-state index contributed by atoms with van der Waals surface area (Å²) in [4.78, 5) is 14.9. The second kappa shape index (κ2) is 5.08. The molecule has 5 rings (SSSR count). The summed E-state index contributed by atoms with van der Waals surface area (Å²) in [6.45, 7) is 4.18. The highest BCUT2D eigenvalue weighted by atomic mass is 19.4. The number of nitriles is 1. The predicted molar refractivity (Wildman–Crippen MR) is 91.1 cm³/mol. The minimum Gasteiger partial charge on any atom is -0.367 e. The molecule has 1 aromatic carbocycles. The molecule has 5 atom stereocenters. The van der Waals surface area contributed by atoms with Crippen LogP contribution in [0.2, 0.25) is 0 Å². The van der Waals surface area contributed by atoms with E-state index in [9.17, 15) is 18.0 Å². The van der Waals surface area contributed by atoms with Gasteiger partial charge in [0.2, 0.25) is 5.91 Å². The van der Waals surface area contributed by atoms with Crippen LogP contribution in [0.3, 0.4) is 0 Å². The Morgan fingerprint density at radius 1 is 1.25 bits per heavy atom. The first kappa shape index (κ1) is 18.0.